The van der Waals surface area contributed by atoms with Crippen molar-refractivity contribution in [3.8, 4) is 0 Å². The van der Waals surface area contributed by atoms with E-state index in [4.69, 9.17) is 37.1 Å². The molecule has 0 spiro atoms. The van der Waals surface area contributed by atoms with Crippen LogP contribution in [0.3, 0.4) is 0 Å². The van der Waals surface area contributed by atoms with E-state index in [-0.39, 0.29) is 46.6 Å². The second-order valence-electron chi connectivity index (χ2n) is 5.26. The molecule has 7 nitrogen and oxygen atoms in total. The number of carbonyl (C=O) groups excluding carboxylic acids is 3. The van der Waals surface area contributed by atoms with Crippen LogP contribution in [-0.2, 0) is 9.47 Å². The van der Waals surface area contributed by atoms with Gasteiger partial charge in [0.25, 0.3) is 5.91 Å². The number of furan rings is 1. The van der Waals surface area contributed by atoms with Crippen molar-refractivity contribution in [1.29, 1.82) is 0 Å². The van der Waals surface area contributed by atoms with Crippen molar-refractivity contribution in [2.45, 2.75) is 20.8 Å². The number of hydrogen-bond donors (Lipinski definition) is 1. The van der Waals surface area contributed by atoms with Gasteiger partial charge < -0.3 is 13.9 Å². The fourth-order valence-electron chi connectivity index (χ4n) is 2.32. The van der Waals surface area contributed by atoms with Crippen LogP contribution in [-0.4, -0.2) is 31.1 Å². The van der Waals surface area contributed by atoms with Gasteiger partial charge in [0.15, 0.2) is 0 Å². The van der Waals surface area contributed by atoms with Crippen molar-refractivity contribution >= 4 is 46.9 Å². The zero-order valence-electron chi connectivity index (χ0n) is 14.9. The summed E-state index contributed by atoms with van der Waals surface area (Å²) in [7, 11) is 0. The van der Waals surface area contributed by atoms with Crippen LogP contribution in [0, 0.1) is 6.92 Å². The molecule has 0 radical (unpaired) electrons. The molecular weight excluding hydrogens is 397 g/mol. The Bertz CT molecular complexity index is 890. The Kier molecular flexibility index (Phi) is 6.87. The summed E-state index contributed by atoms with van der Waals surface area (Å²) in [5.74, 6) is -2.40. The fraction of sp³-hybridized carbons (Fsp3) is 0.278. The second kappa shape index (κ2) is 8.92. The van der Waals surface area contributed by atoms with E-state index in [1.807, 2.05) is 0 Å². The molecule has 0 fully saturated rings. The number of nitrogens with one attached hydrogen (secondary N) is 1. The number of amides is 1. The van der Waals surface area contributed by atoms with E-state index in [2.05, 4.69) is 5.32 Å². The summed E-state index contributed by atoms with van der Waals surface area (Å²) in [4.78, 5) is 37.1. The van der Waals surface area contributed by atoms with Gasteiger partial charge in [-0.2, -0.15) is 0 Å². The molecule has 0 saturated carbocycles. The van der Waals surface area contributed by atoms with Gasteiger partial charge in [0.2, 0.25) is 5.88 Å². The second-order valence-corrected chi connectivity index (χ2v) is 6.10. The minimum atomic E-state index is -0.829. The monoisotopic (exact) mass is 413 g/mol. The number of esters is 2. The van der Waals surface area contributed by atoms with Crippen LogP contribution in [0.25, 0.3) is 0 Å². The fourth-order valence-corrected chi connectivity index (χ4v) is 2.70. The third-order valence-corrected chi connectivity index (χ3v) is 4.01. The molecule has 0 aliphatic rings. The molecule has 0 bridgehead atoms. The smallest absolute Gasteiger partial charge is 0.344 e. The van der Waals surface area contributed by atoms with E-state index < -0.39 is 17.8 Å². The van der Waals surface area contributed by atoms with E-state index in [1.165, 1.54) is 25.1 Å². The Morgan fingerprint density at radius 2 is 1.63 bits per heavy atom. The van der Waals surface area contributed by atoms with Crippen LogP contribution in [0.5, 0.6) is 0 Å². The predicted molar refractivity (Wildman–Crippen MR) is 99.8 cm³/mol. The summed E-state index contributed by atoms with van der Waals surface area (Å²) in [5, 5.41) is 2.89. The molecule has 27 heavy (non-hydrogen) atoms. The number of hydrogen-bond acceptors (Lipinski definition) is 6. The Balaban J connectivity index is 2.48. The van der Waals surface area contributed by atoms with Gasteiger partial charge in [-0.1, -0.05) is 23.2 Å². The molecule has 0 atom stereocenters. The van der Waals surface area contributed by atoms with Gasteiger partial charge >= 0.3 is 11.9 Å². The third-order valence-electron chi connectivity index (χ3n) is 3.44. The van der Waals surface area contributed by atoms with E-state index >= 15 is 0 Å². The molecule has 1 aromatic carbocycles. The molecule has 0 aliphatic heterocycles. The highest BCUT2D eigenvalue weighted by molar-refractivity contribution is 6.36. The van der Waals surface area contributed by atoms with Gasteiger partial charge in [0.05, 0.1) is 23.8 Å². The topological polar surface area (TPSA) is 94.8 Å². The zero-order chi connectivity index (χ0) is 20.1. The number of rotatable bonds is 6. The standard InChI is InChI=1S/C18H17Cl2NO6/c1-4-25-17(23)13-9(3)27-16(14(13)18(24)26-5-2)21-15(22)11-8-10(19)6-7-12(11)20/h6-8H,4-5H2,1-3H3,(H,21,22). The highest BCUT2D eigenvalue weighted by Gasteiger charge is 2.31. The van der Waals surface area contributed by atoms with E-state index in [9.17, 15) is 14.4 Å². The number of benzene rings is 1. The largest absolute Gasteiger partial charge is 0.462 e. The van der Waals surface area contributed by atoms with Crippen molar-refractivity contribution in [1.82, 2.24) is 0 Å². The number of ether oxygens (including phenoxy) is 2. The first-order valence-corrected chi connectivity index (χ1v) is 8.79. The maximum absolute atomic E-state index is 12.6. The quantitative estimate of drug-likeness (QED) is 0.700. The van der Waals surface area contributed by atoms with Crippen molar-refractivity contribution < 1.29 is 28.3 Å². The van der Waals surface area contributed by atoms with Crippen molar-refractivity contribution in [3.63, 3.8) is 0 Å². The minimum Gasteiger partial charge on any atom is -0.462 e. The van der Waals surface area contributed by atoms with E-state index in [0.717, 1.165) is 0 Å². The van der Waals surface area contributed by atoms with E-state index in [1.54, 1.807) is 13.8 Å². The van der Waals surface area contributed by atoms with Crippen LogP contribution in [0.4, 0.5) is 5.88 Å². The first-order chi connectivity index (χ1) is 12.8. The van der Waals surface area contributed by atoms with Gasteiger partial charge in [-0.15, -0.1) is 0 Å². The number of carbonyl (C=O) groups is 3. The van der Waals surface area contributed by atoms with Gasteiger partial charge in [-0.05, 0) is 39.0 Å². The Hall–Kier alpha value is -2.51. The average Bonchev–Trinajstić information content (AvgIpc) is 2.93. The lowest BCUT2D eigenvalue weighted by Crippen LogP contribution is -2.17. The molecule has 0 aliphatic carbocycles. The Labute approximate surface area is 165 Å². The lowest BCUT2D eigenvalue weighted by molar-refractivity contribution is 0.0480. The average molecular weight is 414 g/mol. The predicted octanol–water partition coefficient (Wildman–Crippen LogP) is 4.50. The molecule has 9 heteroatoms. The summed E-state index contributed by atoms with van der Waals surface area (Å²) in [6.45, 7) is 4.88. The van der Waals surface area contributed by atoms with Crippen LogP contribution in [0.2, 0.25) is 10.0 Å². The SMILES string of the molecule is CCOC(=O)c1c(C)oc(NC(=O)c2cc(Cl)ccc2Cl)c1C(=O)OCC. The molecule has 1 aromatic heterocycles. The number of aryl methyl sites for hydroxylation is 1. The van der Waals surface area contributed by atoms with Crippen molar-refractivity contribution in [2.24, 2.45) is 0 Å². The van der Waals surface area contributed by atoms with Crippen LogP contribution in [0.1, 0.15) is 50.7 Å². The number of anilines is 1. The molecule has 1 N–H and O–H groups in total. The summed E-state index contributed by atoms with van der Waals surface area (Å²) >= 11 is 11.9. The minimum absolute atomic E-state index is 0.0683. The van der Waals surface area contributed by atoms with Gasteiger partial charge in [0, 0.05) is 5.02 Å². The molecule has 1 heterocycles. The maximum Gasteiger partial charge on any atom is 0.344 e. The van der Waals surface area contributed by atoms with Crippen molar-refractivity contribution in [3.05, 3.63) is 50.7 Å². The molecule has 144 valence electrons. The summed E-state index contributed by atoms with van der Waals surface area (Å²) in [6, 6.07) is 4.36. The first kappa shape index (κ1) is 20.8. The first-order valence-electron chi connectivity index (χ1n) is 8.04. The van der Waals surface area contributed by atoms with Crippen molar-refractivity contribution in [2.75, 3.05) is 18.5 Å². The molecule has 2 rings (SSSR count). The highest BCUT2D eigenvalue weighted by Crippen LogP contribution is 2.30. The lowest BCUT2D eigenvalue weighted by Gasteiger charge is -2.08. The summed E-state index contributed by atoms with van der Waals surface area (Å²) in [5.41, 5.74) is -0.257. The molecule has 0 unspecified atom stereocenters. The number of halogens is 2. The highest BCUT2D eigenvalue weighted by atomic mass is 35.5. The zero-order valence-corrected chi connectivity index (χ0v) is 16.4. The molecular formula is C18H17Cl2NO6. The maximum atomic E-state index is 12.6. The Morgan fingerprint density at radius 1 is 1.04 bits per heavy atom. The summed E-state index contributed by atoms with van der Waals surface area (Å²) < 4.78 is 15.4. The lowest BCUT2D eigenvalue weighted by atomic mass is 10.1. The molecule has 0 saturated heterocycles. The van der Waals surface area contributed by atoms with Crippen LogP contribution in [0.15, 0.2) is 22.6 Å². The molecule has 1 amide bonds. The summed E-state index contributed by atoms with van der Waals surface area (Å²) in [6.07, 6.45) is 0. The normalized spacial score (nSPS) is 10.4. The third kappa shape index (κ3) is 4.61. The molecule has 2 aromatic rings. The van der Waals surface area contributed by atoms with Gasteiger partial charge in [0.1, 0.15) is 16.9 Å². The Morgan fingerprint density at radius 3 is 2.22 bits per heavy atom. The van der Waals surface area contributed by atoms with Gasteiger partial charge in [-0.3, -0.25) is 10.1 Å². The van der Waals surface area contributed by atoms with Gasteiger partial charge in [-0.25, -0.2) is 9.59 Å². The van der Waals surface area contributed by atoms with Crippen LogP contribution >= 0.6 is 23.2 Å². The van der Waals surface area contributed by atoms with Crippen LogP contribution < -0.4 is 5.32 Å². The van der Waals surface area contributed by atoms with E-state index in [0.29, 0.717) is 5.02 Å².